The summed E-state index contributed by atoms with van der Waals surface area (Å²) < 4.78 is 0. The third-order valence-corrected chi connectivity index (χ3v) is 4.86. The third-order valence-electron chi connectivity index (χ3n) is 4.86. The van der Waals surface area contributed by atoms with Crippen molar-refractivity contribution in [1.82, 2.24) is 5.32 Å². The fraction of sp³-hybridized carbons (Fsp3) is 1.00. The molecule has 0 aliphatic heterocycles. The Morgan fingerprint density at radius 2 is 1.88 bits per heavy atom. The first-order valence-electron chi connectivity index (χ1n) is 7.48. The average molecular weight is 239 g/mol. The summed E-state index contributed by atoms with van der Waals surface area (Å²) in [5.74, 6) is 0.520. The van der Waals surface area contributed by atoms with Crippen LogP contribution in [0.3, 0.4) is 0 Å². The molecule has 3 unspecified atom stereocenters. The molecule has 3 atom stereocenters. The molecule has 0 aromatic carbocycles. The van der Waals surface area contributed by atoms with E-state index in [1.54, 1.807) is 0 Å². The molecule has 2 heteroatoms. The maximum Gasteiger partial charge on any atom is 0.0580 e. The topological polar surface area (TPSA) is 32.3 Å². The van der Waals surface area contributed by atoms with Gasteiger partial charge in [-0.3, -0.25) is 0 Å². The maximum absolute atomic E-state index is 9.82. The number of rotatable bonds is 3. The second-order valence-corrected chi connectivity index (χ2v) is 6.96. The lowest BCUT2D eigenvalue weighted by atomic mass is 9.85. The van der Waals surface area contributed by atoms with Gasteiger partial charge in [-0.1, -0.05) is 26.7 Å². The van der Waals surface area contributed by atoms with Crippen molar-refractivity contribution in [2.75, 3.05) is 6.54 Å². The molecular weight excluding hydrogens is 210 g/mol. The first kappa shape index (κ1) is 13.4. The zero-order valence-corrected chi connectivity index (χ0v) is 11.5. The van der Waals surface area contributed by atoms with Crippen LogP contribution in [0.25, 0.3) is 0 Å². The highest BCUT2D eigenvalue weighted by molar-refractivity contribution is 4.83. The molecular formula is C15H29NO. The van der Waals surface area contributed by atoms with Crippen LogP contribution >= 0.6 is 0 Å². The lowest BCUT2D eigenvalue weighted by Gasteiger charge is -2.23. The molecule has 2 nitrogen and oxygen atoms in total. The highest BCUT2D eigenvalue weighted by atomic mass is 16.3. The van der Waals surface area contributed by atoms with Gasteiger partial charge in [-0.2, -0.15) is 0 Å². The SMILES string of the molecule is CC1(C)CCCC(NCC2CCCC2O)CC1. The van der Waals surface area contributed by atoms with Crippen molar-refractivity contribution in [2.24, 2.45) is 11.3 Å². The van der Waals surface area contributed by atoms with Gasteiger partial charge in [0, 0.05) is 12.6 Å². The van der Waals surface area contributed by atoms with Crippen LogP contribution in [-0.2, 0) is 0 Å². The number of hydrogen-bond donors (Lipinski definition) is 2. The van der Waals surface area contributed by atoms with Gasteiger partial charge in [0.25, 0.3) is 0 Å². The van der Waals surface area contributed by atoms with E-state index in [2.05, 4.69) is 19.2 Å². The Hall–Kier alpha value is -0.0800. The van der Waals surface area contributed by atoms with Crippen molar-refractivity contribution in [3.8, 4) is 0 Å². The van der Waals surface area contributed by atoms with E-state index in [0.717, 1.165) is 13.0 Å². The van der Waals surface area contributed by atoms with Crippen LogP contribution in [0.2, 0.25) is 0 Å². The van der Waals surface area contributed by atoms with E-state index in [4.69, 9.17) is 0 Å². The Morgan fingerprint density at radius 1 is 1.06 bits per heavy atom. The summed E-state index contributed by atoms with van der Waals surface area (Å²) in [6.07, 6.45) is 10.1. The van der Waals surface area contributed by atoms with E-state index in [1.165, 1.54) is 44.9 Å². The highest BCUT2D eigenvalue weighted by Gasteiger charge is 2.27. The molecule has 2 fully saturated rings. The molecule has 17 heavy (non-hydrogen) atoms. The van der Waals surface area contributed by atoms with Gasteiger partial charge in [-0.25, -0.2) is 0 Å². The van der Waals surface area contributed by atoms with Gasteiger partial charge in [0.15, 0.2) is 0 Å². The fourth-order valence-electron chi connectivity index (χ4n) is 3.44. The largest absolute Gasteiger partial charge is 0.393 e. The smallest absolute Gasteiger partial charge is 0.0580 e. The van der Waals surface area contributed by atoms with Crippen molar-refractivity contribution < 1.29 is 5.11 Å². The Bertz CT molecular complexity index is 239. The van der Waals surface area contributed by atoms with E-state index in [1.807, 2.05) is 0 Å². The first-order valence-corrected chi connectivity index (χ1v) is 7.48. The minimum absolute atomic E-state index is 0.0373. The predicted octanol–water partition coefficient (Wildman–Crippen LogP) is 3.10. The molecule has 0 radical (unpaired) electrons. The van der Waals surface area contributed by atoms with Crippen LogP contribution in [0.4, 0.5) is 0 Å². The van der Waals surface area contributed by atoms with E-state index in [0.29, 0.717) is 17.4 Å². The molecule has 0 bridgehead atoms. The maximum atomic E-state index is 9.82. The summed E-state index contributed by atoms with van der Waals surface area (Å²) in [6.45, 7) is 5.83. The molecule has 0 amide bonds. The van der Waals surface area contributed by atoms with E-state index < -0.39 is 0 Å². The Labute approximate surface area is 106 Å². The van der Waals surface area contributed by atoms with Crippen LogP contribution in [-0.4, -0.2) is 23.8 Å². The Balaban J connectivity index is 1.72. The number of aliphatic hydroxyl groups excluding tert-OH is 1. The molecule has 100 valence electrons. The normalized spacial score (nSPS) is 37.9. The van der Waals surface area contributed by atoms with Gasteiger partial charge in [0.1, 0.15) is 0 Å². The summed E-state index contributed by atoms with van der Waals surface area (Å²) in [4.78, 5) is 0. The Morgan fingerprint density at radius 3 is 2.59 bits per heavy atom. The van der Waals surface area contributed by atoms with Crippen molar-refractivity contribution >= 4 is 0 Å². The van der Waals surface area contributed by atoms with Crippen LogP contribution in [0.1, 0.15) is 65.2 Å². The molecule has 0 aromatic rings. The number of nitrogens with one attached hydrogen (secondary N) is 1. The first-order chi connectivity index (χ1) is 8.07. The van der Waals surface area contributed by atoms with E-state index in [-0.39, 0.29) is 6.10 Å². The molecule has 0 aromatic heterocycles. The minimum atomic E-state index is -0.0373. The quantitative estimate of drug-likeness (QED) is 0.742. The minimum Gasteiger partial charge on any atom is -0.393 e. The molecule has 2 saturated carbocycles. The average Bonchev–Trinajstić information content (AvgIpc) is 2.58. The second-order valence-electron chi connectivity index (χ2n) is 6.96. The lowest BCUT2D eigenvalue weighted by Crippen LogP contribution is -2.35. The monoisotopic (exact) mass is 239 g/mol. The summed E-state index contributed by atoms with van der Waals surface area (Å²) >= 11 is 0. The highest BCUT2D eigenvalue weighted by Crippen LogP contribution is 2.34. The number of hydrogen-bond acceptors (Lipinski definition) is 2. The van der Waals surface area contributed by atoms with Crippen LogP contribution in [0.15, 0.2) is 0 Å². The van der Waals surface area contributed by atoms with Gasteiger partial charge in [0.05, 0.1) is 6.10 Å². The Kier molecular flexibility index (Phi) is 4.48. The van der Waals surface area contributed by atoms with E-state index >= 15 is 0 Å². The van der Waals surface area contributed by atoms with Crippen LogP contribution < -0.4 is 5.32 Å². The van der Waals surface area contributed by atoms with Crippen LogP contribution in [0, 0.1) is 11.3 Å². The summed E-state index contributed by atoms with van der Waals surface area (Å²) in [5.41, 5.74) is 0.545. The third kappa shape index (κ3) is 3.96. The molecule has 2 aliphatic carbocycles. The van der Waals surface area contributed by atoms with Crippen molar-refractivity contribution in [3.05, 3.63) is 0 Å². The zero-order valence-electron chi connectivity index (χ0n) is 11.5. The van der Waals surface area contributed by atoms with Crippen LogP contribution in [0.5, 0.6) is 0 Å². The molecule has 2 aliphatic rings. The van der Waals surface area contributed by atoms with Gasteiger partial charge in [-0.05, 0) is 49.9 Å². The van der Waals surface area contributed by atoms with Crippen molar-refractivity contribution in [3.63, 3.8) is 0 Å². The summed E-state index contributed by atoms with van der Waals surface area (Å²) in [7, 11) is 0. The summed E-state index contributed by atoms with van der Waals surface area (Å²) in [6, 6.07) is 0.699. The van der Waals surface area contributed by atoms with Gasteiger partial charge in [-0.15, -0.1) is 0 Å². The molecule has 2 rings (SSSR count). The fourth-order valence-corrected chi connectivity index (χ4v) is 3.44. The van der Waals surface area contributed by atoms with Crippen molar-refractivity contribution in [2.45, 2.75) is 77.4 Å². The second kappa shape index (κ2) is 5.71. The predicted molar refractivity (Wildman–Crippen MR) is 72.0 cm³/mol. The van der Waals surface area contributed by atoms with Gasteiger partial charge < -0.3 is 10.4 Å². The van der Waals surface area contributed by atoms with E-state index in [9.17, 15) is 5.11 Å². The zero-order chi connectivity index (χ0) is 12.3. The number of aliphatic hydroxyl groups is 1. The summed E-state index contributed by atoms with van der Waals surface area (Å²) in [5, 5.41) is 13.5. The van der Waals surface area contributed by atoms with Crippen molar-refractivity contribution in [1.29, 1.82) is 0 Å². The molecule has 0 spiro atoms. The van der Waals surface area contributed by atoms with Gasteiger partial charge >= 0.3 is 0 Å². The molecule has 2 N–H and O–H groups in total. The standard InChI is InChI=1S/C15H29NO/c1-15(2)9-4-6-13(8-10-15)16-11-12-5-3-7-14(12)17/h12-14,16-17H,3-11H2,1-2H3. The van der Waals surface area contributed by atoms with Gasteiger partial charge in [0.2, 0.25) is 0 Å². The lowest BCUT2D eigenvalue weighted by molar-refractivity contribution is 0.129. The molecule has 0 saturated heterocycles. The molecule has 0 heterocycles.